The summed E-state index contributed by atoms with van der Waals surface area (Å²) in [6.07, 6.45) is 3.43. The van der Waals surface area contributed by atoms with Crippen LogP contribution >= 0.6 is 0 Å². The average molecular weight is 282 g/mol. The first kappa shape index (κ1) is 14.3. The van der Waals surface area contributed by atoms with E-state index in [9.17, 15) is 8.42 Å². The molecule has 0 aliphatic heterocycles. The fraction of sp³-hybridized carbons (Fsp3) is 0.571. The second-order valence-electron chi connectivity index (χ2n) is 5.66. The van der Waals surface area contributed by atoms with E-state index >= 15 is 0 Å². The first-order valence-electron chi connectivity index (χ1n) is 6.74. The molecule has 0 radical (unpaired) electrons. The normalized spacial score (nSPS) is 23.7. The third kappa shape index (κ3) is 3.48. The maximum absolute atomic E-state index is 12.3. The minimum Gasteiger partial charge on any atom is -0.399 e. The summed E-state index contributed by atoms with van der Waals surface area (Å²) >= 11 is 0. The Balaban J connectivity index is 2.06. The summed E-state index contributed by atoms with van der Waals surface area (Å²) in [6.45, 7) is 4.53. The lowest BCUT2D eigenvalue weighted by atomic mass is 10.1. The third-order valence-corrected chi connectivity index (χ3v) is 5.44. The van der Waals surface area contributed by atoms with Crippen LogP contribution in [0.5, 0.6) is 0 Å². The van der Waals surface area contributed by atoms with Crippen LogP contribution in [0.3, 0.4) is 0 Å². The van der Waals surface area contributed by atoms with E-state index in [-0.39, 0.29) is 0 Å². The molecule has 0 heterocycles. The van der Waals surface area contributed by atoms with Crippen LogP contribution in [0.25, 0.3) is 0 Å². The van der Waals surface area contributed by atoms with Crippen molar-refractivity contribution in [2.45, 2.75) is 38.0 Å². The molecule has 2 rings (SSSR count). The highest BCUT2D eigenvalue weighted by atomic mass is 32.2. The van der Waals surface area contributed by atoms with Gasteiger partial charge in [-0.15, -0.1) is 0 Å². The van der Waals surface area contributed by atoms with E-state index in [1.807, 2.05) is 0 Å². The number of nitrogen functional groups attached to an aromatic ring is 1. The lowest BCUT2D eigenvalue weighted by Crippen LogP contribution is -2.29. The SMILES string of the molecule is Cc1cc(N)ccc1S(=O)(=O)NCC1CCC(C)C1. The lowest BCUT2D eigenvalue weighted by molar-refractivity contribution is 0.498. The summed E-state index contributed by atoms with van der Waals surface area (Å²) < 4.78 is 27.2. The molecule has 0 aromatic heterocycles. The summed E-state index contributed by atoms with van der Waals surface area (Å²) in [4.78, 5) is 0.327. The van der Waals surface area contributed by atoms with Crippen molar-refractivity contribution in [2.75, 3.05) is 12.3 Å². The van der Waals surface area contributed by atoms with Gasteiger partial charge in [0.05, 0.1) is 4.90 Å². The van der Waals surface area contributed by atoms with Crippen LogP contribution < -0.4 is 10.5 Å². The van der Waals surface area contributed by atoms with Gasteiger partial charge >= 0.3 is 0 Å². The van der Waals surface area contributed by atoms with Crippen molar-refractivity contribution < 1.29 is 8.42 Å². The first-order chi connectivity index (χ1) is 8.88. The van der Waals surface area contributed by atoms with Gasteiger partial charge in [0, 0.05) is 12.2 Å². The molecule has 0 spiro atoms. The molecule has 4 nitrogen and oxygen atoms in total. The highest BCUT2D eigenvalue weighted by molar-refractivity contribution is 7.89. The van der Waals surface area contributed by atoms with Gasteiger partial charge in [-0.2, -0.15) is 0 Å². The second-order valence-corrected chi connectivity index (χ2v) is 7.40. The molecule has 2 unspecified atom stereocenters. The van der Waals surface area contributed by atoms with E-state index in [1.165, 1.54) is 6.42 Å². The Bertz CT molecular complexity index is 555. The van der Waals surface area contributed by atoms with Gasteiger partial charge in [-0.25, -0.2) is 13.1 Å². The van der Waals surface area contributed by atoms with Crippen molar-refractivity contribution in [1.82, 2.24) is 4.72 Å². The molecule has 106 valence electrons. The number of nitrogens with two attached hydrogens (primary N) is 1. The number of aryl methyl sites for hydroxylation is 1. The van der Waals surface area contributed by atoms with Gasteiger partial charge in [-0.3, -0.25) is 0 Å². The Kier molecular flexibility index (Phi) is 4.16. The Morgan fingerprint density at radius 1 is 1.37 bits per heavy atom. The molecule has 0 amide bonds. The summed E-state index contributed by atoms with van der Waals surface area (Å²) in [5.74, 6) is 1.19. The maximum Gasteiger partial charge on any atom is 0.240 e. The van der Waals surface area contributed by atoms with Crippen LogP contribution in [0.4, 0.5) is 5.69 Å². The molecule has 0 bridgehead atoms. The molecule has 1 aliphatic rings. The van der Waals surface area contributed by atoms with Gasteiger partial charge in [-0.05, 0) is 55.4 Å². The van der Waals surface area contributed by atoms with Crippen molar-refractivity contribution in [2.24, 2.45) is 11.8 Å². The van der Waals surface area contributed by atoms with Crippen LogP contribution in [0.15, 0.2) is 23.1 Å². The molecule has 2 atom stereocenters. The highest BCUT2D eigenvalue weighted by Crippen LogP contribution is 2.30. The zero-order chi connectivity index (χ0) is 14.0. The number of rotatable bonds is 4. The average Bonchev–Trinajstić information content (AvgIpc) is 2.72. The highest BCUT2D eigenvalue weighted by Gasteiger charge is 2.24. The van der Waals surface area contributed by atoms with Crippen LogP contribution in [0.2, 0.25) is 0 Å². The van der Waals surface area contributed by atoms with Crippen molar-refractivity contribution >= 4 is 15.7 Å². The number of sulfonamides is 1. The molecular weight excluding hydrogens is 260 g/mol. The van der Waals surface area contributed by atoms with Gasteiger partial charge < -0.3 is 5.73 Å². The van der Waals surface area contributed by atoms with E-state index in [0.717, 1.165) is 12.8 Å². The maximum atomic E-state index is 12.3. The smallest absolute Gasteiger partial charge is 0.240 e. The molecule has 3 N–H and O–H groups in total. The van der Waals surface area contributed by atoms with Crippen LogP contribution in [-0.2, 0) is 10.0 Å². The molecule has 0 saturated heterocycles. The third-order valence-electron chi connectivity index (χ3n) is 3.85. The number of hydrogen-bond acceptors (Lipinski definition) is 3. The van der Waals surface area contributed by atoms with Crippen molar-refractivity contribution in [3.8, 4) is 0 Å². The van der Waals surface area contributed by atoms with E-state index in [1.54, 1.807) is 25.1 Å². The Labute approximate surface area is 115 Å². The van der Waals surface area contributed by atoms with Crippen molar-refractivity contribution in [3.05, 3.63) is 23.8 Å². The molecule has 1 aliphatic carbocycles. The fourth-order valence-electron chi connectivity index (χ4n) is 2.79. The number of nitrogens with one attached hydrogen (secondary N) is 1. The summed E-state index contributed by atoms with van der Waals surface area (Å²) in [5.41, 5.74) is 6.92. The van der Waals surface area contributed by atoms with Gasteiger partial charge in [0.2, 0.25) is 10.0 Å². The molecule has 1 fully saturated rings. The van der Waals surface area contributed by atoms with Crippen molar-refractivity contribution in [1.29, 1.82) is 0 Å². The van der Waals surface area contributed by atoms with Crippen LogP contribution in [0.1, 0.15) is 31.7 Å². The van der Waals surface area contributed by atoms with Crippen molar-refractivity contribution in [3.63, 3.8) is 0 Å². The fourth-order valence-corrected chi connectivity index (χ4v) is 4.13. The van der Waals surface area contributed by atoms with E-state index in [0.29, 0.717) is 34.5 Å². The van der Waals surface area contributed by atoms with Gasteiger partial charge in [-0.1, -0.05) is 13.3 Å². The van der Waals surface area contributed by atoms with E-state index in [2.05, 4.69) is 11.6 Å². The summed E-state index contributed by atoms with van der Waals surface area (Å²) in [7, 11) is -3.42. The summed E-state index contributed by atoms with van der Waals surface area (Å²) in [6, 6.07) is 4.88. The summed E-state index contributed by atoms with van der Waals surface area (Å²) in [5, 5.41) is 0. The standard InChI is InChI=1S/C14H22N2O2S/c1-10-3-4-12(7-10)9-16-19(17,18)14-6-5-13(15)8-11(14)2/h5-6,8,10,12,16H,3-4,7,9,15H2,1-2H3. The molecule has 1 saturated carbocycles. The quantitative estimate of drug-likeness (QED) is 0.832. The zero-order valence-corrected chi connectivity index (χ0v) is 12.3. The first-order valence-corrected chi connectivity index (χ1v) is 8.22. The molecule has 19 heavy (non-hydrogen) atoms. The van der Waals surface area contributed by atoms with E-state index in [4.69, 9.17) is 5.73 Å². The van der Waals surface area contributed by atoms with Gasteiger partial charge in [0.25, 0.3) is 0 Å². The van der Waals surface area contributed by atoms with Crippen LogP contribution in [0, 0.1) is 18.8 Å². The molecule has 1 aromatic carbocycles. The number of anilines is 1. The van der Waals surface area contributed by atoms with Gasteiger partial charge in [0.1, 0.15) is 0 Å². The number of hydrogen-bond donors (Lipinski definition) is 2. The molecular formula is C14H22N2O2S. The monoisotopic (exact) mass is 282 g/mol. The Morgan fingerprint density at radius 3 is 2.68 bits per heavy atom. The lowest BCUT2D eigenvalue weighted by Gasteiger charge is -2.13. The Morgan fingerprint density at radius 2 is 2.11 bits per heavy atom. The topological polar surface area (TPSA) is 72.2 Å². The Hall–Kier alpha value is -1.07. The van der Waals surface area contributed by atoms with E-state index < -0.39 is 10.0 Å². The van der Waals surface area contributed by atoms with Gasteiger partial charge in [0.15, 0.2) is 0 Å². The zero-order valence-electron chi connectivity index (χ0n) is 11.5. The predicted octanol–water partition coefficient (Wildman–Crippen LogP) is 2.29. The second kappa shape index (κ2) is 5.51. The predicted molar refractivity (Wildman–Crippen MR) is 77.3 cm³/mol. The minimum atomic E-state index is -3.42. The largest absolute Gasteiger partial charge is 0.399 e. The van der Waals surface area contributed by atoms with Crippen LogP contribution in [-0.4, -0.2) is 15.0 Å². The molecule has 1 aromatic rings. The minimum absolute atomic E-state index is 0.327. The number of benzene rings is 1. The molecule has 5 heteroatoms.